The highest BCUT2D eigenvalue weighted by Crippen LogP contribution is 2.33. The van der Waals surface area contributed by atoms with Crippen molar-refractivity contribution >= 4 is 17.7 Å². The molecular formula is C6H4F2N2O2S. The fourth-order valence-corrected chi connectivity index (χ4v) is 1.04. The second-order valence-corrected chi connectivity index (χ2v) is 3.04. The molecule has 0 aliphatic rings. The third-order valence-electron chi connectivity index (χ3n) is 1.01. The number of alkyl halides is 2. The molecule has 7 heteroatoms. The minimum absolute atomic E-state index is 0.201. The SMILES string of the molecule is O=C(O)C(F)(F)Sc1ncccn1. The molecule has 70 valence electrons. The van der Waals surface area contributed by atoms with Crippen LogP contribution in [0.25, 0.3) is 0 Å². The van der Waals surface area contributed by atoms with Gasteiger partial charge in [0.25, 0.3) is 0 Å². The van der Waals surface area contributed by atoms with Crippen molar-refractivity contribution in [2.24, 2.45) is 0 Å². The Morgan fingerprint density at radius 1 is 1.46 bits per heavy atom. The molecule has 0 atom stereocenters. The highest BCUT2D eigenvalue weighted by atomic mass is 32.2. The van der Waals surface area contributed by atoms with Gasteiger partial charge in [0, 0.05) is 24.2 Å². The predicted molar refractivity (Wildman–Crippen MR) is 40.5 cm³/mol. The molecule has 1 rings (SSSR count). The number of aliphatic carboxylic acids is 1. The van der Waals surface area contributed by atoms with Gasteiger partial charge in [-0.1, -0.05) is 0 Å². The fraction of sp³-hybridized carbons (Fsp3) is 0.167. The zero-order valence-electron chi connectivity index (χ0n) is 6.15. The number of carboxylic acids is 1. The summed E-state index contributed by atoms with van der Waals surface area (Å²) in [6.45, 7) is 0. The Hall–Kier alpha value is -1.24. The first-order valence-corrected chi connectivity index (χ1v) is 3.91. The van der Waals surface area contributed by atoms with Crippen LogP contribution in [0.3, 0.4) is 0 Å². The summed E-state index contributed by atoms with van der Waals surface area (Å²) < 4.78 is 25.0. The van der Waals surface area contributed by atoms with Crippen LogP contribution in [-0.4, -0.2) is 26.3 Å². The van der Waals surface area contributed by atoms with Gasteiger partial charge in [-0.25, -0.2) is 14.8 Å². The molecule has 1 aromatic rings. The molecule has 0 unspecified atom stereocenters. The maximum absolute atomic E-state index is 12.5. The summed E-state index contributed by atoms with van der Waals surface area (Å²) >= 11 is -0.201. The van der Waals surface area contributed by atoms with E-state index in [0.717, 1.165) is 0 Å². The second kappa shape index (κ2) is 3.65. The topological polar surface area (TPSA) is 63.1 Å². The minimum atomic E-state index is -3.89. The lowest BCUT2D eigenvalue weighted by molar-refractivity contribution is -0.152. The van der Waals surface area contributed by atoms with Crippen LogP contribution in [0.5, 0.6) is 0 Å². The lowest BCUT2D eigenvalue weighted by Crippen LogP contribution is -2.23. The molecule has 0 bridgehead atoms. The molecule has 0 aliphatic carbocycles. The van der Waals surface area contributed by atoms with Crippen LogP contribution in [0.1, 0.15) is 0 Å². The number of hydrogen-bond donors (Lipinski definition) is 1. The quantitative estimate of drug-likeness (QED) is 0.595. The maximum Gasteiger partial charge on any atom is 0.395 e. The Kier molecular flexibility index (Phi) is 2.76. The molecule has 0 spiro atoms. The van der Waals surface area contributed by atoms with Gasteiger partial charge in [0.2, 0.25) is 0 Å². The largest absolute Gasteiger partial charge is 0.476 e. The Labute approximate surface area is 76.0 Å². The molecular weight excluding hydrogens is 202 g/mol. The smallest absolute Gasteiger partial charge is 0.395 e. The first kappa shape index (κ1) is 9.85. The highest BCUT2D eigenvalue weighted by Gasteiger charge is 2.41. The van der Waals surface area contributed by atoms with Crippen molar-refractivity contribution in [3.63, 3.8) is 0 Å². The number of halogens is 2. The fourth-order valence-electron chi connectivity index (χ4n) is 0.496. The third kappa shape index (κ3) is 2.62. The first-order chi connectivity index (χ1) is 6.02. The molecule has 0 amide bonds. The molecule has 13 heavy (non-hydrogen) atoms. The average Bonchev–Trinajstić information content (AvgIpc) is 2.05. The van der Waals surface area contributed by atoms with Crippen molar-refractivity contribution < 1.29 is 18.7 Å². The predicted octanol–water partition coefficient (Wildman–Crippen LogP) is 1.25. The summed E-state index contributed by atoms with van der Waals surface area (Å²) in [5.74, 6) is -2.20. The van der Waals surface area contributed by atoms with Crippen molar-refractivity contribution in [3.8, 4) is 0 Å². The zero-order chi connectivity index (χ0) is 9.90. The van der Waals surface area contributed by atoms with Gasteiger partial charge in [-0.05, 0) is 6.07 Å². The molecule has 4 nitrogen and oxygen atoms in total. The Bertz CT molecular complexity index is 307. The lowest BCUT2D eigenvalue weighted by atomic mass is 10.7. The number of rotatable bonds is 3. The van der Waals surface area contributed by atoms with E-state index in [0.29, 0.717) is 0 Å². The maximum atomic E-state index is 12.5. The van der Waals surface area contributed by atoms with Crippen LogP contribution in [0.4, 0.5) is 8.78 Å². The second-order valence-electron chi connectivity index (χ2n) is 1.96. The Morgan fingerprint density at radius 3 is 2.46 bits per heavy atom. The van der Waals surface area contributed by atoms with Crippen LogP contribution in [0.2, 0.25) is 0 Å². The van der Waals surface area contributed by atoms with Crippen LogP contribution < -0.4 is 0 Å². The summed E-state index contributed by atoms with van der Waals surface area (Å²) in [4.78, 5) is 16.9. The van der Waals surface area contributed by atoms with Crippen molar-refractivity contribution in [2.45, 2.75) is 10.4 Å². The first-order valence-electron chi connectivity index (χ1n) is 3.09. The number of aromatic nitrogens is 2. The number of thioether (sulfide) groups is 1. The number of carboxylic acid groups (broad SMARTS) is 1. The van der Waals surface area contributed by atoms with Crippen LogP contribution in [0.15, 0.2) is 23.6 Å². The van der Waals surface area contributed by atoms with E-state index in [1.165, 1.54) is 18.5 Å². The van der Waals surface area contributed by atoms with Gasteiger partial charge in [0.15, 0.2) is 5.16 Å². The van der Waals surface area contributed by atoms with Gasteiger partial charge >= 0.3 is 11.2 Å². The molecule has 1 N–H and O–H groups in total. The van der Waals surface area contributed by atoms with E-state index in [1.54, 1.807) is 0 Å². The van der Waals surface area contributed by atoms with Crippen LogP contribution >= 0.6 is 11.8 Å². The summed E-state index contributed by atoms with van der Waals surface area (Å²) in [6.07, 6.45) is 2.51. The van der Waals surface area contributed by atoms with Gasteiger partial charge in [-0.2, -0.15) is 8.78 Å². The Morgan fingerprint density at radius 2 is 2.00 bits per heavy atom. The van der Waals surface area contributed by atoms with Crippen molar-refractivity contribution in [2.75, 3.05) is 0 Å². The van der Waals surface area contributed by atoms with Gasteiger partial charge in [0.05, 0.1) is 0 Å². The standard InChI is InChI=1S/C6H4F2N2O2S/c7-6(8,4(11)12)13-5-9-2-1-3-10-5/h1-3H,(H,11,12). The van der Waals surface area contributed by atoms with Gasteiger partial charge in [-0.15, -0.1) is 0 Å². The molecule has 0 aromatic carbocycles. The molecule has 1 heterocycles. The van der Waals surface area contributed by atoms with E-state index >= 15 is 0 Å². The van der Waals surface area contributed by atoms with E-state index in [4.69, 9.17) is 5.11 Å². The van der Waals surface area contributed by atoms with E-state index < -0.39 is 11.2 Å². The molecule has 0 saturated carbocycles. The van der Waals surface area contributed by atoms with Crippen LogP contribution in [-0.2, 0) is 4.79 Å². The van der Waals surface area contributed by atoms with E-state index in [-0.39, 0.29) is 16.9 Å². The number of hydrogen-bond acceptors (Lipinski definition) is 4. The summed E-state index contributed by atoms with van der Waals surface area (Å²) in [7, 11) is 0. The van der Waals surface area contributed by atoms with Crippen molar-refractivity contribution in [1.82, 2.24) is 9.97 Å². The Balaban J connectivity index is 2.75. The molecule has 0 saturated heterocycles. The summed E-state index contributed by atoms with van der Waals surface area (Å²) in [5, 5.41) is 3.92. The lowest BCUT2D eigenvalue weighted by Gasteiger charge is -2.07. The zero-order valence-corrected chi connectivity index (χ0v) is 6.96. The molecule has 0 fully saturated rings. The van der Waals surface area contributed by atoms with E-state index in [1.807, 2.05) is 0 Å². The van der Waals surface area contributed by atoms with Gasteiger partial charge < -0.3 is 5.11 Å². The molecule has 1 aromatic heterocycles. The van der Waals surface area contributed by atoms with E-state index in [9.17, 15) is 13.6 Å². The minimum Gasteiger partial charge on any atom is -0.476 e. The summed E-state index contributed by atoms with van der Waals surface area (Å²) in [6, 6.07) is 1.45. The number of carbonyl (C=O) groups is 1. The van der Waals surface area contributed by atoms with Crippen molar-refractivity contribution in [3.05, 3.63) is 18.5 Å². The van der Waals surface area contributed by atoms with Gasteiger partial charge in [-0.3, -0.25) is 0 Å². The summed E-state index contributed by atoms with van der Waals surface area (Å²) in [5.41, 5.74) is 0. The highest BCUT2D eigenvalue weighted by molar-refractivity contribution is 8.00. The van der Waals surface area contributed by atoms with E-state index in [2.05, 4.69) is 9.97 Å². The van der Waals surface area contributed by atoms with Crippen molar-refractivity contribution in [1.29, 1.82) is 0 Å². The number of nitrogens with zero attached hydrogens (tertiary/aromatic N) is 2. The average molecular weight is 206 g/mol. The van der Waals surface area contributed by atoms with Crippen LogP contribution in [0, 0.1) is 0 Å². The monoisotopic (exact) mass is 206 g/mol. The molecule has 0 aliphatic heterocycles. The molecule has 0 radical (unpaired) electrons. The normalized spacial score (nSPS) is 11.2. The third-order valence-corrected chi connectivity index (χ3v) is 1.83. The van der Waals surface area contributed by atoms with Gasteiger partial charge in [0.1, 0.15) is 0 Å².